The number of carboxylic acids is 1. The van der Waals surface area contributed by atoms with E-state index < -0.39 is 18.8 Å². The lowest BCUT2D eigenvalue weighted by molar-refractivity contribution is -0.142. The summed E-state index contributed by atoms with van der Waals surface area (Å²) in [5.74, 6) is -1.16. The molecule has 25 heavy (non-hydrogen) atoms. The maximum Gasteiger partial charge on any atom is 0.317 e. The van der Waals surface area contributed by atoms with Crippen molar-refractivity contribution >= 4 is 11.9 Å². The molecule has 0 aromatic heterocycles. The number of allylic oxidation sites excluding steroid dienone is 2. The summed E-state index contributed by atoms with van der Waals surface area (Å²) in [6.07, 6.45) is 11.2. The van der Waals surface area contributed by atoms with Crippen LogP contribution in [-0.2, 0) is 9.59 Å². The summed E-state index contributed by atoms with van der Waals surface area (Å²) in [5.41, 5.74) is 0. The molecular weight excluding hydrogens is 324 g/mol. The first kappa shape index (κ1) is 23.6. The molecule has 1 unspecified atom stereocenters. The molecule has 1 amide bonds. The standard InChI is InChI=1S/C18H34N2O5/c1-2-3-4-5-6-7-8-9-10-11-16(22)19-12-13-20(14-18(24)25)17(23)15-21/h3-4,17,21,23H,2,5-15H2,1H3,(H,19,22)(H,24,25)/b4-3+. The molecule has 0 heterocycles. The van der Waals surface area contributed by atoms with E-state index in [9.17, 15) is 14.7 Å². The van der Waals surface area contributed by atoms with Crippen LogP contribution >= 0.6 is 0 Å². The van der Waals surface area contributed by atoms with Crippen molar-refractivity contribution in [2.45, 2.75) is 64.5 Å². The number of amides is 1. The van der Waals surface area contributed by atoms with Crippen molar-refractivity contribution in [1.29, 1.82) is 0 Å². The number of aliphatic hydroxyl groups is 2. The van der Waals surface area contributed by atoms with Gasteiger partial charge in [0.2, 0.25) is 5.91 Å². The van der Waals surface area contributed by atoms with Gasteiger partial charge in [-0.2, -0.15) is 0 Å². The lowest BCUT2D eigenvalue weighted by Gasteiger charge is -2.24. The fourth-order valence-electron chi connectivity index (χ4n) is 2.41. The average molecular weight is 358 g/mol. The van der Waals surface area contributed by atoms with Gasteiger partial charge in [-0.25, -0.2) is 0 Å². The third-order valence-corrected chi connectivity index (χ3v) is 3.82. The Labute approximate surface area is 150 Å². The first-order chi connectivity index (χ1) is 12.0. The number of rotatable bonds is 16. The van der Waals surface area contributed by atoms with Crippen molar-refractivity contribution in [3.63, 3.8) is 0 Å². The maximum absolute atomic E-state index is 11.7. The van der Waals surface area contributed by atoms with Gasteiger partial charge in [0.25, 0.3) is 0 Å². The van der Waals surface area contributed by atoms with Crippen LogP contribution in [0.15, 0.2) is 12.2 Å². The van der Waals surface area contributed by atoms with Crippen molar-refractivity contribution in [3.05, 3.63) is 12.2 Å². The van der Waals surface area contributed by atoms with Crippen LogP contribution in [0.5, 0.6) is 0 Å². The van der Waals surface area contributed by atoms with Gasteiger partial charge in [-0.15, -0.1) is 0 Å². The number of carboxylic acid groups (broad SMARTS) is 1. The van der Waals surface area contributed by atoms with Crippen molar-refractivity contribution in [2.24, 2.45) is 0 Å². The monoisotopic (exact) mass is 358 g/mol. The second-order valence-corrected chi connectivity index (χ2v) is 6.06. The molecule has 0 aromatic carbocycles. The SMILES string of the molecule is CC/C=C/CCCCCCCC(=O)NCCN(CC(=O)O)C(O)CO. The third kappa shape index (κ3) is 14.6. The minimum Gasteiger partial charge on any atom is -0.480 e. The van der Waals surface area contributed by atoms with E-state index in [-0.39, 0.29) is 25.5 Å². The average Bonchev–Trinajstić information content (AvgIpc) is 2.58. The number of unbranched alkanes of at least 4 members (excludes halogenated alkanes) is 5. The largest absolute Gasteiger partial charge is 0.480 e. The fourth-order valence-corrected chi connectivity index (χ4v) is 2.41. The predicted molar refractivity (Wildman–Crippen MR) is 97.1 cm³/mol. The third-order valence-electron chi connectivity index (χ3n) is 3.82. The van der Waals surface area contributed by atoms with Crippen molar-refractivity contribution in [1.82, 2.24) is 10.2 Å². The summed E-state index contributed by atoms with van der Waals surface area (Å²) in [6, 6.07) is 0. The molecule has 7 nitrogen and oxygen atoms in total. The van der Waals surface area contributed by atoms with E-state index in [0.717, 1.165) is 32.1 Å². The maximum atomic E-state index is 11.7. The Bertz CT molecular complexity index is 388. The van der Waals surface area contributed by atoms with E-state index in [2.05, 4.69) is 24.4 Å². The van der Waals surface area contributed by atoms with Crippen LogP contribution < -0.4 is 5.32 Å². The lowest BCUT2D eigenvalue weighted by Crippen LogP contribution is -2.45. The van der Waals surface area contributed by atoms with E-state index >= 15 is 0 Å². The molecule has 0 saturated heterocycles. The van der Waals surface area contributed by atoms with Gasteiger partial charge >= 0.3 is 5.97 Å². The zero-order valence-corrected chi connectivity index (χ0v) is 15.3. The topological polar surface area (TPSA) is 110 Å². The van der Waals surface area contributed by atoms with Crippen LogP contribution in [0.3, 0.4) is 0 Å². The number of aliphatic carboxylic acids is 1. The molecule has 0 saturated carbocycles. The van der Waals surface area contributed by atoms with Gasteiger partial charge in [0.15, 0.2) is 0 Å². The Morgan fingerprint density at radius 1 is 1.12 bits per heavy atom. The highest BCUT2D eigenvalue weighted by Crippen LogP contribution is 2.07. The van der Waals surface area contributed by atoms with Crippen molar-refractivity contribution < 1.29 is 24.9 Å². The zero-order chi connectivity index (χ0) is 18.9. The summed E-state index contributed by atoms with van der Waals surface area (Å²) in [4.78, 5) is 23.6. The van der Waals surface area contributed by atoms with E-state index in [0.29, 0.717) is 6.42 Å². The van der Waals surface area contributed by atoms with Crippen molar-refractivity contribution in [3.8, 4) is 0 Å². The van der Waals surface area contributed by atoms with E-state index in [1.165, 1.54) is 17.7 Å². The van der Waals surface area contributed by atoms with Gasteiger partial charge in [-0.3, -0.25) is 14.5 Å². The Balaban J connectivity index is 3.68. The second kappa shape index (κ2) is 16.1. The van der Waals surface area contributed by atoms with Gasteiger partial charge in [0.1, 0.15) is 6.23 Å². The summed E-state index contributed by atoms with van der Waals surface area (Å²) in [5, 5.41) is 29.9. The summed E-state index contributed by atoms with van der Waals surface area (Å²) < 4.78 is 0. The molecule has 1 atom stereocenters. The Morgan fingerprint density at radius 3 is 2.44 bits per heavy atom. The second-order valence-electron chi connectivity index (χ2n) is 6.06. The molecule has 0 aliphatic heterocycles. The Kier molecular flexibility index (Phi) is 15.1. The van der Waals surface area contributed by atoms with Crippen molar-refractivity contribution in [2.75, 3.05) is 26.2 Å². The van der Waals surface area contributed by atoms with Crippen LogP contribution in [0, 0.1) is 0 Å². The van der Waals surface area contributed by atoms with Crippen LogP contribution in [0.4, 0.5) is 0 Å². The highest BCUT2D eigenvalue weighted by molar-refractivity contribution is 5.75. The predicted octanol–water partition coefficient (Wildman–Crippen LogP) is 1.50. The number of hydrogen-bond acceptors (Lipinski definition) is 5. The first-order valence-corrected chi connectivity index (χ1v) is 9.17. The first-order valence-electron chi connectivity index (χ1n) is 9.17. The number of hydrogen-bond donors (Lipinski definition) is 4. The van der Waals surface area contributed by atoms with Gasteiger partial charge in [-0.05, 0) is 25.7 Å². The van der Waals surface area contributed by atoms with Gasteiger partial charge < -0.3 is 20.6 Å². The van der Waals surface area contributed by atoms with Gasteiger partial charge in [0.05, 0.1) is 13.2 Å². The molecule has 0 fully saturated rings. The zero-order valence-electron chi connectivity index (χ0n) is 15.3. The number of carbonyl (C=O) groups excluding carboxylic acids is 1. The molecule has 0 rings (SSSR count). The smallest absolute Gasteiger partial charge is 0.317 e. The molecule has 0 aliphatic rings. The highest BCUT2D eigenvalue weighted by Gasteiger charge is 2.17. The molecule has 0 bridgehead atoms. The molecule has 7 heteroatoms. The molecule has 0 radical (unpaired) electrons. The van der Waals surface area contributed by atoms with Gasteiger partial charge in [-0.1, -0.05) is 38.3 Å². The minimum absolute atomic E-state index is 0.0698. The highest BCUT2D eigenvalue weighted by atomic mass is 16.4. The Hall–Kier alpha value is -1.44. The summed E-state index contributed by atoms with van der Waals surface area (Å²) in [6.45, 7) is 1.61. The molecule has 0 aliphatic carbocycles. The van der Waals surface area contributed by atoms with E-state index in [1.807, 2.05) is 0 Å². The Morgan fingerprint density at radius 2 is 1.80 bits per heavy atom. The van der Waals surface area contributed by atoms with E-state index in [4.69, 9.17) is 10.2 Å². The molecule has 0 aromatic rings. The minimum atomic E-state index is -1.24. The molecule has 4 N–H and O–H groups in total. The summed E-state index contributed by atoms with van der Waals surface area (Å²) in [7, 11) is 0. The normalized spacial score (nSPS) is 12.6. The van der Waals surface area contributed by atoms with Crippen LogP contribution in [0.2, 0.25) is 0 Å². The molecule has 0 spiro atoms. The van der Waals surface area contributed by atoms with Crippen LogP contribution in [-0.4, -0.2) is 64.6 Å². The van der Waals surface area contributed by atoms with Crippen LogP contribution in [0.25, 0.3) is 0 Å². The number of nitrogens with zero attached hydrogens (tertiary/aromatic N) is 1. The molecule has 146 valence electrons. The van der Waals surface area contributed by atoms with Gasteiger partial charge in [0, 0.05) is 19.5 Å². The van der Waals surface area contributed by atoms with Crippen LogP contribution in [0.1, 0.15) is 58.3 Å². The molecular formula is C18H34N2O5. The summed E-state index contributed by atoms with van der Waals surface area (Å²) >= 11 is 0. The fraction of sp³-hybridized carbons (Fsp3) is 0.778. The number of nitrogens with one attached hydrogen (secondary N) is 1. The number of carbonyl (C=O) groups is 2. The van der Waals surface area contributed by atoms with E-state index in [1.54, 1.807) is 0 Å². The lowest BCUT2D eigenvalue weighted by atomic mass is 10.1. The number of aliphatic hydroxyl groups excluding tert-OH is 2. The quantitative estimate of drug-likeness (QED) is 0.189.